The summed E-state index contributed by atoms with van der Waals surface area (Å²) in [4.78, 5) is 0. The minimum absolute atomic E-state index is 0.237. The molecule has 0 aliphatic rings. The van der Waals surface area contributed by atoms with E-state index < -0.39 is 0 Å². The third-order valence-corrected chi connectivity index (χ3v) is 2.37. The van der Waals surface area contributed by atoms with Crippen molar-refractivity contribution in [2.24, 2.45) is 0 Å². The highest BCUT2D eigenvalue weighted by atomic mass is 19.1. The molecule has 0 aliphatic heterocycles. The van der Waals surface area contributed by atoms with Crippen molar-refractivity contribution >= 4 is 5.69 Å². The highest BCUT2D eigenvalue weighted by molar-refractivity contribution is 5.76. The number of halogens is 1. The van der Waals surface area contributed by atoms with Crippen molar-refractivity contribution in [3.8, 4) is 11.1 Å². The van der Waals surface area contributed by atoms with Crippen molar-refractivity contribution < 1.29 is 4.39 Å². The van der Waals surface area contributed by atoms with E-state index in [4.69, 9.17) is 5.73 Å². The first-order valence-corrected chi connectivity index (χ1v) is 4.79. The SMILES string of the molecule is Cc1ccc(F)c(-c2ccccc2N)c1. The van der Waals surface area contributed by atoms with Gasteiger partial charge in [0.1, 0.15) is 5.82 Å². The van der Waals surface area contributed by atoms with E-state index in [0.29, 0.717) is 11.3 Å². The van der Waals surface area contributed by atoms with Crippen LogP contribution >= 0.6 is 0 Å². The van der Waals surface area contributed by atoms with E-state index in [1.54, 1.807) is 18.2 Å². The van der Waals surface area contributed by atoms with Crippen molar-refractivity contribution in [2.75, 3.05) is 5.73 Å². The number of anilines is 1. The second-order valence-electron chi connectivity index (χ2n) is 3.57. The Labute approximate surface area is 88.4 Å². The van der Waals surface area contributed by atoms with Gasteiger partial charge >= 0.3 is 0 Å². The monoisotopic (exact) mass is 201 g/mol. The maximum Gasteiger partial charge on any atom is 0.131 e. The molecule has 0 fully saturated rings. The lowest BCUT2D eigenvalue weighted by Crippen LogP contribution is -1.92. The van der Waals surface area contributed by atoms with E-state index in [-0.39, 0.29) is 5.82 Å². The lowest BCUT2D eigenvalue weighted by atomic mass is 10.0. The number of aryl methyl sites for hydroxylation is 1. The molecule has 15 heavy (non-hydrogen) atoms. The Balaban J connectivity index is 2.64. The zero-order chi connectivity index (χ0) is 10.8. The van der Waals surface area contributed by atoms with Gasteiger partial charge in [0.05, 0.1) is 0 Å². The van der Waals surface area contributed by atoms with Gasteiger partial charge in [-0.3, -0.25) is 0 Å². The Morgan fingerprint density at radius 3 is 2.47 bits per heavy atom. The number of benzene rings is 2. The fraction of sp³-hybridized carbons (Fsp3) is 0.0769. The molecule has 0 bridgehead atoms. The Kier molecular flexibility index (Phi) is 2.42. The molecular formula is C13H12FN. The molecule has 2 rings (SSSR count). The molecule has 2 N–H and O–H groups in total. The standard InChI is InChI=1S/C13H12FN/c1-9-6-7-12(14)11(8-9)10-4-2-3-5-13(10)15/h2-8H,15H2,1H3. The zero-order valence-electron chi connectivity index (χ0n) is 8.50. The van der Waals surface area contributed by atoms with Crippen LogP contribution < -0.4 is 5.73 Å². The molecule has 0 aliphatic carbocycles. The molecular weight excluding hydrogens is 189 g/mol. The molecule has 76 valence electrons. The third kappa shape index (κ3) is 1.84. The van der Waals surface area contributed by atoms with Gasteiger partial charge in [0.2, 0.25) is 0 Å². The maximum atomic E-state index is 13.6. The first-order valence-electron chi connectivity index (χ1n) is 4.79. The molecule has 0 unspecified atom stereocenters. The van der Waals surface area contributed by atoms with Gasteiger partial charge in [0.15, 0.2) is 0 Å². The molecule has 0 spiro atoms. The van der Waals surface area contributed by atoms with Crippen LogP contribution in [0, 0.1) is 12.7 Å². The minimum atomic E-state index is -0.237. The average Bonchev–Trinajstić information content (AvgIpc) is 2.23. The number of rotatable bonds is 1. The van der Waals surface area contributed by atoms with Gasteiger partial charge in [-0.05, 0) is 25.1 Å². The summed E-state index contributed by atoms with van der Waals surface area (Å²) in [5, 5.41) is 0. The van der Waals surface area contributed by atoms with E-state index in [1.165, 1.54) is 6.07 Å². The molecule has 0 amide bonds. The molecule has 0 atom stereocenters. The molecule has 1 nitrogen and oxygen atoms in total. The first kappa shape index (κ1) is 9.71. The quantitative estimate of drug-likeness (QED) is 0.703. The van der Waals surface area contributed by atoms with Crippen molar-refractivity contribution in [2.45, 2.75) is 6.92 Å². The van der Waals surface area contributed by atoms with Crippen LogP contribution in [0.25, 0.3) is 11.1 Å². The Morgan fingerprint density at radius 2 is 1.73 bits per heavy atom. The second-order valence-corrected chi connectivity index (χ2v) is 3.57. The normalized spacial score (nSPS) is 10.3. The Bertz CT molecular complexity index is 492. The van der Waals surface area contributed by atoms with Crippen LogP contribution in [-0.2, 0) is 0 Å². The number of hydrogen-bond acceptors (Lipinski definition) is 1. The van der Waals surface area contributed by atoms with Crippen LogP contribution in [0.4, 0.5) is 10.1 Å². The van der Waals surface area contributed by atoms with Crippen LogP contribution in [0.1, 0.15) is 5.56 Å². The summed E-state index contributed by atoms with van der Waals surface area (Å²) >= 11 is 0. The van der Waals surface area contributed by atoms with Gasteiger partial charge in [-0.25, -0.2) is 4.39 Å². The number of para-hydroxylation sites is 1. The van der Waals surface area contributed by atoms with Crippen LogP contribution in [0.15, 0.2) is 42.5 Å². The van der Waals surface area contributed by atoms with E-state index >= 15 is 0 Å². The maximum absolute atomic E-state index is 13.6. The van der Waals surface area contributed by atoms with Crippen molar-refractivity contribution in [3.63, 3.8) is 0 Å². The van der Waals surface area contributed by atoms with Crippen LogP contribution in [0.5, 0.6) is 0 Å². The Hall–Kier alpha value is -1.83. The van der Waals surface area contributed by atoms with Gasteiger partial charge in [-0.1, -0.05) is 29.8 Å². The van der Waals surface area contributed by atoms with Crippen LogP contribution in [0.3, 0.4) is 0 Å². The number of hydrogen-bond donors (Lipinski definition) is 1. The van der Waals surface area contributed by atoms with Crippen molar-refractivity contribution in [1.29, 1.82) is 0 Å². The predicted molar refractivity (Wildman–Crippen MR) is 61.0 cm³/mol. The van der Waals surface area contributed by atoms with Crippen LogP contribution in [0.2, 0.25) is 0 Å². The van der Waals surface area contributed by atoms with Crippen molar-refractivity contribution in [1.82, 2.24) is 0 Å². The molecule has 2 aromatic rings. The van der Waals surface area contributed by atoms with Gasteiger partial charge < -0.3 is 5.73 Å². The van der Waals surface area contributed by atoms with E-state index in [2.05, 4.69) is 0 Å². The molecule has 0 saturated heterocycles. The fourth-order valence-corrected chi connectivity index (χ4v) is 1.59. The van der Waals surface area contributed by atoms with Crippen molar-refractivity contribution in [3.05, 3.63) is 53.8 Å². The van der Waals surface area contributed by atoms with E-state index in [9.17, 15) is 4.39 Å². The largest absolute Gasteiger partial charge is 0.398 e. The highest BCUT2D eigenvalue weighted by Gasteiger charge is 2.07. The predicted octanol–water partition coefficient (Wildman–Crippen LogP) is 3.38. The van der Waals surface area contributed by atoms with Gasteiger partial charge in [0, 0.05) is 16.8 Å². The Morgan fingerprint density at radius 1 is 1.00 bits per heavy atom. The van der Waals surface area contributed by atoms with Gasteiger partial charge in [-0.2, -0.15) is 0 Å². The van der Waals surface area contributed by atoms with E-state index in [0.717, 1.165) is 11.1 Å². The lowest BCUT2D eigenvalue weighted by molar-refractivity contribution is 0.631. The molecule has 0 heterocycles. The molecule has 0 aromatic heterocycles. The summed E-state index contributed by atoms with van der Waals surface area (Å²) in [7, 11) is 0. The summed E-state index contributed by atoms with van der Waals surface area (Å²) in [6.45, 7) is 1.93. The average molecular weight is 201 g/mol. The summed E-state index contributed by atoms with van der Waals surface area (Å²) in [5.74, 6) is -0.237. The van der Waals surface area contributed by atoms with Gasteiger partial charge in [-0.15, -0.1) is 0 Å². The topological polar surface area (TPSA) is 26.0 Å². The molecule has 0 radical (unpaired) electrons. The molecule has 2 aromatic carbocycles. The molecule has 0 saturated carbocycles. The molecule has 2 heteroatoms. The smallest absolute Gasteiger partial charge is 0.131 e. The summed E-state index contributed by atoms with van der Waals surface area (Å²) in [6.07, 6.45) is 0. The third-order valence-electron chi connectivity index (χ3n) is 2.37. The highest BCUT2D eigenvalue weighted by Crippen LogP contribution is 2.28. The number of nitrogens with two attached hydrogens (primary N) is 1. The van der Waals surface area contributed by atoms with Crippen LogP contribution in [-0.4, -0.2) is 0 Å². The summed E-state index contributed by atoms with van der Waals surface area (Å²) in [5.41, 5.74) is 8.74. The van der Waals surface area contributed by atoms with E-state index in [1.807, 2.05) is 25.1 Å². The summed E-state index contributed by atoms with van der Waals surface area (Å²) < 4.78 is 13.6. The first-order chi connectivity index (χ1) is 7.18. The van der Waals surface area contributed by atoms with Gasteiger partial charge in [0.25, 0.3) is 0 Å². The number of nitrogen functional groups attached to an aromatic ring is 1. The fourth-order valence-electron chi connectivity index (χ4n) is 1.59. The second kappa shape index (κ2) is 3.73. The lowest BCUT2D eigenvalue weighted by Gasteiger charge is -2.07. The summed E-state index contributed by atoms with van der Waals surface area (Å²) in [6, 6.07) is 12.3. The zero-order valence-corrected chi connectivity index (χ0v) is 8.50. The minimum Gasteiger partial charge on any atom is -0.398 e.